The molecular formula is C41H56ClN3O9S. The molecular weight excluding hydrogens is 746 g/mol. The number of benzene rings is 2. The van der Waals surface area contributed by atoms with Crippen molar-refractivity contribution in [1.82, 2.24) is 14.2 Å². The van der Waals surface area contributed by atoms with Crippen LogP contribution in [0.4, 0.5) is 0 Å². The normalized spacial score (nSPS) is 18.0. The van der Waals surface area contributed by atoms with E-state index >= 15 is 0 Å². The molecule has 0 radical (unpaired) electrons. The minimum atomic E-state index is -3.69. The van der Waals surface area contributed by atoms with Crippen LogP contribution in [0.2, 0.25) is 5.02 Å². The first-order valence-corrected chi connectivity index (χ1v) is 21.1. The van der Waals surface area contributed by atoms with Crippen LogP contribution in [-0.2, 0) is 26.7 Å². The van der Waals surface area contributed by atoms with Gasteiger partial charge in [-0.2, -0.15) is 0 Å². The zero-order chi connectivity index (χ0) is 39.9. The predicted octanol–water partition coefficient (Wildman–Crippen LogP) is 4.04. The summed E-state index contributed by atoms with van der Waals surface area (Å²) in [4.78, 5) is 19.1. The number of aliphatic hydroxyl groups excluding tert-OH is 5. The van der Waals surface area contributed by atoms with E-state index in [0.29, 0.717) is 24.0 Å². The Hall–Kier alpha value is -3.14. The fourth-order valence-corrected chi connectivity index (χ4v) is 8.02. The topological polar surface area (TPSA) is 181 Å². The quantitative estimate of drug-likeness (QED) is 0.0996. The van der Waals surface area contributed by atoms with Gasteiger partial charge in [0.2, 0.25) is 15.9 Å². The largest absolute Gasteiger partial charge is 0.490 e. The number of rotatable bonds is 22. The van der Waals surface area contributed by atoms with E-state index in [1.165, 1.54) is 19.7 Å². The molecule has 2 saturated carbocycles. The van der Waals surface area contributed by atoms with Gasteiger partial charge in [0.05, 0.1) is 18.5 Å². The smallest absolute Gasteiger partial charge is 0.222 e. The molecule has 1 unspecified atom stereocenters. The van der Waals surface area contributed by atoms with E-state index in [9.17, 15) is 33.6 Å². The maximum Gasteiger partial charge on any atom is 0.222 e. The summed E-state index contributed by atoms with van der Waals surface area (Å²) in [5.74, 6) is 0.159. The number of halogens is 1. The zero-order valence-electron chi connectivity index (χ0n) is 31.9. The van der Waals surface area contributed by atoms with Crippen molar-refractivity contribution in [3.63, 3.8) is 0 Å². The molecule has 3 aromatic rings. The molecule has 2 aromatic carbocycles. The Morgan fingerprint density at radius 3 is 2.40 bits per heavy atom. The summed E-state index contributed by atoms with van der Waals surface area (Å²) in [5.41, 5.74) is 5.64. The number of hydrogen-bond donors (Lipinski definition) is 5. The Morgan fingerprint density at radius 2 is 1.73 bits per heavy atom. The monoisotopic (exact) mass is 801 g/mol. The number of sulfonamides is 1. The van der Waals surface area contributed by atoms with Crippen molar-refractivity contribution in [2.75, 3.05) is 39.5 Å². The summed E-state index contributed by atoms with van der Waals surface area (Å²) in [5, 5.41) is 50.5. The third-order valence-corrected chi connectivity index (χ3v) is 13.2. The van der Waals surface area contributed by atoms with Crippen LogP contribution in [0.5, 0.6) is 5.75 Å². The molecule has 5 N–H and O–H groups in total. The van der Waals surface area contributed by atoms with Gasteiger partial charge in [-0.25, -0.2) is 12.7 Å². The second-order valence-electron chi connectivity index (χ2n) is 15.4. The van der Waals surface area contributed by atoms with Crippen molar-refractivity contribution in [2.45, 2.75) is 107 Å². The highest BCUT2D eigenvalue weighted by Gasteiger charge is 2.45. The Balaban J connectivity index is 1.21. The molecule has 2 aliphatic rings. The maximum atomic E-state index is 13.4. The average Bonchev–Trinajstić information content (AvgIpc) is 4.13. The van der Waals surface area contributed by atoms with Gasteiger partial charge in [-0.3, -0.25) is 9.78 Å². The number of para-hydroxylation sites is 1. The van der Waals surface area contributed by atoms with E-state index in [1.807, 2.05) is 42.7 Å². The lowest BCUT2D eigenvalue weighted by atomic mass is 9.84. The standard InChI is InChI=1S/C41H56ClN3O9S/c1-27(7-6-10-38(49)45(21-22-55(52,53)44(2)3)25-35(47)39(50)40(51)36(48)26-46)28-11-14-34(42)29(23-28)15-17-41(18-19-41)33-24-43-20-16-31(33)32-8-4-5-9-37(32)54-30-12-13-30/h4-5,8-9,11,14,16,20,23-24,27,30,35-36,39-40,46-48,50-51H,6-7,10,12-13,15,17-19,21-22,25-26H2,1-3H3/t27?,35-,36+,39+,40+/m0/s1. The number of aryl methyl sites for hydroxylation is 1. The van der Waals surface area contributed by atoms with E-state index in [-0.39, 0.29) is 24.3 Å². The summed E-state index contributed by atoms with van der Waals surface area (Å²) in [6.45, 7) is 0.511. The number of nitrogens with zero attached hydrogens (tertiary/aromatic N) is 3. The molecule has 302 valence electrons. The third kappa shape index (κ3) is 11.3. The average molecular weight is 802 g/mol. The lowest BCUT2D eigenvalue weighted by Gasteiger charge is -2.31. The number of carbonyl (C=O) groups excluding carboxylic acids is 1. The van der Waals surface area contributed by atoms with Gasteiger partial charge in [-0.05, 0) is 103 Å². The summed E-state index contributed by atoms with van der Waals surface area (Å²) in [6, 6.07) is 16.4. The van der Waals surface area contributed by atoms with Crippen molar-refractivity contribution in [1.29, 1.82) is 0 Å². The first-order valence-electron chi connectivity index (χ1n) is 19.2. The molecule has 1 amide bonds. The van der Waals surface area contributed by atoms with Crippen molar-refractivity contribution >= 4 is 27.5 Å². The minimum Gasteiger partial charge on any atom is -0.490 e. The molecule has 14 heteroatoms. The number of aliphatic hydroxyl groups is 5. The number of hydrogen-bond acceptors (Lipinski definition) is 10. The number of carbonyl (C=O) groups is 1. The molecule has 1 heterocycles. The van der Waals surface area contributed by atoms with Gasteiger partial charge in [0.25, 0.3) is 0 Å². The van der Waals surface area contributed by atoms with Gasteiger partial charge >= 0.3 is 0 Å². The summed E-state index contributed by atoms with van der Waals surface area (Å²) in [7, 11) is -0.928. The van der Waals surface area contributed by atoms with Gasteiger partial charge in [0.1, 0.15) is 30.2 Å². The molecule has 1 aromatic heterocycles. The van der Waals surface area contributed by atoms with E-state index in [0.717, 1.165) is 75.7 Å². The third-order valence-electron chi connectivity index (χ3n) is 11.0. The lowest BCUT2D eigenvalue weighted by Crippen LogP contribution is -2.51. The number of pyridine rings is 1. The van der Waals surface area contributed by atoms with Crippen LogP contribution in [0.15, 0.2) is 60.9 Å². The van der Waals surface area contributed by atoms with Crippen molar-refractivity contribution < 1.29 is 43.5 Å². The van der Waals surface area contributed by atoms with Crippen molar-refractivity contribution in [3.8, 4) is 16.9 Å². The SMILES string of the molecule is CC(CCCC(=O)N(CCS(=O)(=O)N(C)C)C[C@H](O)[C@@H](O)[C@H](O)[C@H](O)CO)c1ccc(Cl)c(CCC2(c3cnccc3-c3ccccc3OC3CC3)CC2)c1. The summed E-state index contributed by atoms with van der Waals surface area (Å²) >= 11 is 6.76. The van der Waals surface area contributed by atoms with E-state index < -0.39 is 59.3 Å². The van der Waals surface area contributed by atoms with E-state index in [2.05, 4.69) is 30.1 Å². The molecule has 0 bridgehead atoms. The maximum absolute atomic E-state index is 13.4. The van der Waals surface area contributed by atoms with E-state index in [4.69, 9.17) is 21.4 Å². The van der Waals surface area contributed by atoms with Gasteiger partial charge < -0.3 is 35.2 Å². The van der Waals surface area contributed by atoms with Gasteiger partial charge in [0.15, 0.2) is 0 Å². The number of amides is 1. The van der Waals surface area contributed by atoms with Crippen LogP contribution in [0.1, 0.15) is 80.9 Å². The molecule has 2 fully saturated rings. The van der Waals surface area contributed by atoms with Crippen molar-refractivity contribution in [2.24, 2.45) is 0 Å². The van der Waals surface area contributed by atoms with Crippen LogP contribution in [0.25, 0.3) is 11.1 Å². The zero-order valence-corrected chi connectivity index (χ0v) is 33.5. The minimum absolute atomic E-state index is 0.000306. The van der Waals surface area contributed by atoms with Crippen LogP contribution in [0, 0.1) is 0 Å². The van der Waals surface area contributed by atoms with Crippen molar-refractivity contribution in [3.05, 3.63) is 82.6 Å². The Bertz CT molecular complexity index is 1850. The molecule has 0 spiro atoms. The van der Waals surface area contributed by atoms with Gasteiger partial charge in [0, 0.05) is 56.6 Å². The van der Waals surface area contributed by atoms with E-state index in [1.54, 1.807) is 0 Å². The fourth-order valence-electron chi connectivity index (χ4n) is 6.99. The summed E-state index contributed by atoms with van der Waals surface area (Å²) in [6.07, 6.45) is 4.17. The van der Waals surface area contributed by atoms with Crippen LogP contribution >= 0.6 is 11.6 Å². The van der Waals surface area contributed by atoms with Crippen LogP contribution < -0.4 is 4.74 Å². The van der Waals surface area contributed by atoms with Gasteiger partial charge in [-0.15, -0.1) is 0 Å². The Morgan fingerprint density at radius 1 is 1.02 bits per heavy atom. The second-order valence-corrected chi connectivity index (χ2v) is 18.1. The highest BCUT2D eigenvalue weighted by Crippen LogP contribution is 2.55. The highest BCUT2D eigenvalue weighted by atomic mass is 35.5. The molecule has 55 heavy (non-hydrogen) atoms. The first kappa shape index (κ1) is 43.0. The predicted molar refractivity (Wildman–Crippen MR) is 211 cm³/mol. The molecule has 5 rings (SSSR count). The fraction of sp³-hybridized carbons (Fsp3) is 0.561. The second kappa shape index (κ2) is 18.9. The molecule has 5 atom stereocenters. The van der Waals surface area contributed by atoms with Gasteiger partial charge in [-0.1, -0.05) is 48.9 Å². The molecule has 2 aliphatic carbocycles. The Kier molecular flexibility index (Phi) is 14.7. The number of aromatic nitrogens is 1. The first-order chi connectivity index (χ1) is 26.2. The summed E-state index contributed by atoms with van der Waals surface area (Å²) < 4.78 is 32.3. The number of ether oxygens (including phenoxy) is 1. The molecule has 0 saturated heterocycles. The lowest BCUT2D eigenvalue weighted by molar-refractivity contribution is -0.139. The van der Waals surface area contributed by atoms with Crippen LogP contribution in [0.3, 0.4) is 0 Å². The highest BCUT2D eigenvalue weighted by molar-refractivity contribution is 7.89. The Labute approximate surface area is 329 Å². The molecule has 0 aliphatic heterocycles. The van der Waals surface area contributed by atoms with Crippen LogP contribution in [-0.4, -0.2) is 124 Å². The molecule has 12 nitrogen and oxygen atoms in total.